The van der Waals surface area contributed by atoms with E-state index in [4.69, 9.17) is 0 Å². The first-order valence-corrected chi connectivity index (χ1v) is 5.83. The smallest absolute Gasteiger partial charge is 0.406 e. The van der Waals surface area contributed by atoms with Crippen LogP contribution in [0.1, 0.15) is 5.56 Å². The summed E-state index contributed by atoms with van der Waals surface area (Å²) in [6.45, 7) is 0. The molecule has 2 aromatic rings. The van der Waals surface area contributed by atoms with Crippen LogP contribution in [0.25, 0.3) is 0 Å². The van der Waals surface area contributed by atoms with E-state index < -0.39 is 17.9 Å². The van der Waals surface area contributed by atoms with Gasteiger partial charge < -0.3 is 4.74 Å². The predicted molar refractivity (Wildman–Crippen MR) is 70.7 cm³/mol. The van der Waals surface area contributed by atoms with Crippen LogP contribution in [0.4, 0.5) is 23.2 Å². The Labute approximate surface area is 117 Å². The molecule has 2 rings (SSSR count). The molecule has 21 heavy (non-hydrogen) atoms. The van der Waals surface area contributed by atoms with Crippen molar-refractivity contribution in [3.05, 3.63) is 59.9 Å². The molecule has 0 aliphatic carbocycles. The number of ether oxygens (including phenoxy) is 1. The summed E-state index contributed by atoms with van der Waals surface area (Å²) in [6, 6.07) is 11.5. The minimum absolute atomic E-state index is 0.125. The number of para-hydroxylation sites is 1. The van der Waals surface area contributed by atoms with Gasteiger partial charge in [0.1, 0.15) is 11.6 Å². The fourth-order valence-corrected chi connectivity index (χ4v) is 1.51. The zero-order chi connectivity index (χ0) is 15.3. The molecule has 3 nitrogen and oxygen atoms in total. The van der Waals surface area contributed by atoms with E-state index in [0.29, 0.717) is 5.69 Å². The van der Waals surface area contributed by atoms with Gasteiger partial charge in [-0.2, -0.15) is 5.10 Å². The number of anilines is 1. The number of hydrogen-bond donors (Lipinski definition) is 1. The number of nitrogens with one attached hydrogen (secondary N) is 1. The lowest BCUT2D eigenvalue weighted by molar-refractivity contribution is -0.274. The second kappa shape index (κ2) is 6.25. The number of hydrazone groups is 1. The van der Waals surface area contributed by atoms with E-state index in [0.717, 1.165) is 24.4 Å². The lowest BCUT2D eigenvalue weighted by Gasteiger charge is -2.09. The first-order chi connectivity index (χ1) is 9.94. The highest BCUT2D eigenvalue weighted by Crippen LogP contribution is 2.24. The SMILES string of the molecule is Fc1ccc(OC(F)(F)F)cc1C=NNc1ccccc1. The summed E-state index contributed by atoms with van der Waals surface area (Å²) in [4.78, 5) is 0. The van der Waals surface area contributed by atoms with Crippen LogP contribution in [-0.2, 0) is 0 Å². The molecule has 2 aromatic carbocycles. The van der Waals surface area contributed by atoms with E-state index in [2.05, 4.69) is 15.3 Å². The maximum atomic E-state index is 13.5. The van der Waals surface area contributed by atoms with E-state index >= 15 is 0 Å². The van der Waals surface area contributed by atoms with Crippen LogP contribution in [0.15, 0.2) is 53.6 Å². The molecule has 0 saturated carbocycles. The summed E-state index contributed by atoms with van der Waals surface area (Å²) in [5, 5.41) is 3.76. The van der Waals surface area contributed by atoms with Crippen molar-refractivity contribution < 1.29 is 22.3 Å². The summed E-state index contributed by atoms with van der Waals surface area (Å²) in [5.74, 6) is -1.21. The Kier molecular flexibility index (Phi) is 4.42. The average molecular weight is 298 g/mol. The molecule has 0 aliphatic rings. The molecule has 1 N–H and O–H groups in total. The van der Waals surface area contributed by atoms with Crippen molar-refractivity contribution >= 4 is 11.9 Å². The van der Waals surface area contributed by atoms with Crippen molar-refractivity contribution in [2.24, 2.45) is 5.10 Å². The fraction of sp³-hybridized carbons (Fsp3) is 0.0714. The van der Waals surface area contributed by atoms with Crippen LogP contribution in [0.2, 0.25) is 0 Å². The van der Waals surface area contributed by atoms with Gasteiger partial charge in [0.25, 0.3) is 0 Å². The Balaban J connectivity index is 2.10. The highest BCUT2D eigenvalue weighted by Gasteiger charge is 2.31. The molecule has 0 spiro atoms. The third-order valence-electron chi connectivity index (χ3n) is 2.37. The zero-order valence-corrected chi connectivity index (χ0v) is 10.6. The summed E-state index contributed by atoms with van der Waals surface area (Å²) in [7, 11) is 0. The molecule has 0 saturated heterocycles. The van der Waals surface area contributed by atoms with Gasteiger partial charge in [0, 0.05) is 5.56 Å². The normalized spacial score (nSPS) is 11.6. The number of nitrogens with zero attached hydrogens (tertiary/aromatic N) is 1. The van der Waals surface area contributed by atoms with Gasteiger partial charge in [-0.3, -0.25) is 5.43 Å². The van der Waals surface area contributed by atoms with Gasteiger partial charge in [-0.15, -0.1) is 13.2 Å². The van der Waals surface area contributed by atoms with Crippen molar-refractivity contribution in [3.8, 4) is 5.75 Å². The first kappa shape index (κ1) is 14.8. The largest absolute Gasteiger partial charge is 0.573 e. The molecular weight excluding hydrogens is 288 g/mol. The highest BCUT2D eigenvalue weighted by atomic mass is 19.4. The quantitative estimate of drug-likeness (QED) is 0.522. The predicted octanol–water partition coefficient (Wildman–Crippen LogP) is 4.17. The molecule has 0 amide bonds. The van der Waals surface area contributed by atoms with Crippen LogP contribution >= 0.6 is 0 Å². The van der Waals surface area contributed by atoms with Gasteiger partial charge in [-0.1, -0.05) is 18.2 Å². The van der Waals surface area contributed by atoms with Gasteiger partial charge in [-0.05, 0) is 30.3 Å². The van der Waals surface area contributed by atoms with E-state index in [1.807, 2.05) is 6.07 Å². The molecule has 0 bridgehead atoms. The van der Waals surface area contributed by atoms with Crippen molar-refractivity contribution in [2.75, 3.05) is 5.43 Å². The van der Waals surface area contributed by atoms with Gasteiger partial charge in [0.15, 0.2) is 0 Å². The van der Waals surface area contributed by atoms with Crippen LogP contribution in [0, 0.1) is 5.82 Å². The van der Waals surface area contributed by atoms with E-state index in [-0.39, 0.29) is 5.56 Å². The Hall–Kier alpha value is -2.57. The van der Waals surface area contributed by atoms with Gasteiger partial charge in [0.05, 0.1) is 11.9 Å². The lowest BCUT2D eigenvalue weighted by Crippen LogP contribution is -2.17. The summed E-state index contributed by atoms with van der Waals surface area (Å²) >= 11 is 0. The second-order valence-electron chi connectivity index (χ2n) is 3.97. The minimum atomic E-state index is -4.82. The Morgan fingerprint density at radius 1 is 1.05 bits per heavy atom. The maximum absolute atomic E-state index is 13.5. The molecule has 0 aromatic heterocycles. The van der Waals surface area contributed by atoms with Crippen molar-refractivity contribution in [1.82, 2.24) is 0 Å². The molecule has 0 unspecified atom stereocenters. The second-order valence-corrected chi connectivity index (χ2v) is 3.97. The van der Waals surface area contributed by atoms with Gasteiger partial charge in [0.2, 0.25) is 0 Å². The summed E-state index contributed by atoms with van der Waals surface area (Å²) < 4.78 is 53.4. The number of hydrogen-bond acceptors (Lipinski definition) is 3. The van der Waals surface area contributed by atoms with Crippen LogP contribution in [0.3, 0.4) is 0 Å². The standard InChI is InChI=1S/C14H10F4N2O/c15-13-7-6-12(21-14(16,17)18)8-10(13)9-19-20-11-4-2-1-3-5-11/h1-9,20H. The van der Waals surface area contributed by atoms with Crippen LogP contribution < -0.4 is 10.2 Å². The van der Waals surface area contributed by atoms with E-state index in [1.165, 1.54) is 0 Å². The van der Waals surface area contributed by atoms with Gasteiger partial charge in [-0.25, -0.2) is 4.39 Å². The number of alkyl halides is 3. The molecule has 0 aliphatic heterocycles. The minimum Gasteiger partial charge on any atom is -0.406 e. The van der Waals surface area contributed by atoms with Crippen molar-refractivity contribution in [2.45, 2.75) is 6.36 Å². The van der Waals surface area contributed by atoms with E-state index in [1.54, 1.807) is 24.3 Å². The maximum Gasteiger partial charge on any atom is 0.573 e. The summed E-state index contributed by atoms with van der Waals surface area (Å²) in [5.41, 5.74) is 3.17. The number of benzene rings is 2. The summed E-state index contributed by atoms with van der Waals surface area (Å²) in [6.07, 6.45) is -3.75. The Morgan fingerprint density at radius 2 is 1.76 bits per heavy atom. The van der Waals surface area contributed by atoms with E-state index in [9.17, 15) is 17.6 Å². The zero-order valence-electron chi connectivity index (χ0n) is 10.6. The fourth-order valence-electron chi connectivity index (χ4n) is 1.51. The third kappa shape index (κ3) is 4.79. The first-order valence-electron chi connectivity index (χ1n) is 5.83. The van der Waals surface area contributed by atoms with Crippen molar-refractivity contribution in [3.63, 3.8) is 0 Å². The molecule has 0 atom stereocenters. The molecule has 7 heteroatoms. The number of rotatable bonds is 4. The highest BCUT2D eigenvalue weighted by molar-refractivity contribution is 5.81. The number of halogens is 4. The Morgan fingerprint density at radius 3 is 2.43 bits per heavy atom. The lowest BCUT2D eigenvalue weighted by atomic mass is 10.2. The molecular formula is C14H10F4N2O. The third-order valence-corrected chi connectivity index (χ3v) is 2.37. The van der Waals surface area contributed by atoms with Crippen molar-refractivity contribution in [1.29, 1.82) is 0 Å². The molecule has 0 radical (unpaired) electrons. The molecule has 110 valence electrons. The Bertz CT molecular complexity index is 627. The van der Waals surface area contributed by atoms with Crippen LogP contribution in [0.5, 0.6) is 5.75 Å². The topological polar surface area (TPSA) is 33.6 Å². The average Bonchev–Trinajstić information content (AvgIpc) is 2.42. The van der Waals surface area contributed by atoms with Gasteiger partial charge >= 0.3 is 6.36 Å². The molecule has 0 fully saturated rings. The van der Waals surface area contributed by atoms with Crippen LogP contribution in [-0.4, -0.2) is 12.6 Å². The monoisotopic (exact) mass is 298 g/mol. The molecule has 0 heterocycles.